The predicted molar refractivity (Wildman–Crippen MR) is 134 cm³/mol. The average Bonchev–Trinajstić information content (AvgIpc) is 2.87. The minimum atomic E-state index is -0.521. The molecule has 4 rings (SSSR count). The van der Waals surface area contributed by atoms with Crippen molar-refractivity contribution >= 4 is 40.2 Å². The Bertz CT molecular complexity index is 1430. The highest BCUT2D eigenvalue weighted by Gasteiger charge is 2.20. The van der Waals surface area contributed by atoms with Gasteiger partial charge in [0.2, 0.25) is 5.91 Å². The minimum Gasteiger partial charge on any atom is -0.465 e. The molecular weight excluding hydrogens is 450 g/mol. The fraction of sp³-hybridized carbons (Fsp3) is 0.154. The van der Waals surface area contributed by atoms with Crippen LogP contribution >= 0.6 is 11.8 Å². The van der Waals surface area contributed by atoms with Crippen LogP contribution in [-0.4, -0.2) is 41.3 Å². The monoisotopic (exact) mass is 473 g/mol. The summed E-state index contributed by atoms with van der Waals surface area (Å²) >= 11 is 1.17. The van der Waals surface area contributed by atoms with Crippen molar-refractivity contribution in [1.82, 2.24) is 9.55 Å². The molecule has 0 radical (unpaired) electrons. The van der Waals surface area contributed by atoms with Crippen LogP contribution < -0.4 is 10.5 Å². The SMILES string of the molecule is COC(=O)c1ccccc1N(C)C(=O)CSc1nc2ccccc2c(=O)n1-c1ccc(C)cc1. The molecule has 0 bridgehead atoms. The number of carbonyl (C=O) groups excluding carboxylic acids is 2. The molecule has 1 aromatic heterocycles. The molecule has 0 aliphatic carbocycles. The van der Waals surface area contributed by atoms with Crippen molar-refractivity contribution in [2.45, 2.75) is 12.1 Å². The van der Waals surface area contributed by atoms with E-state index in [0.717, 1.165) is 5.56 Å². The number of hydrogen-bond donors (Lipinski definition) is 0. The van der Waals surface area contributed by atoms with Crippen molar-refractivity contribution < 1.29 is 14.3 Å². The molecule has 0 saturated heterocycles. The maximum Gasteiger partial charge on any atom is 0.339 e. The Kier molecular flexibility index (Phi) is 6.79. The lowest BCUT2D eigenvalue weighted by Gasteiger charge is -2.20. The van der Waals surface area contributed by atoms with Gasteiger partial charge in [0.1, 0.15) is 0 Å². The smallest absolute Gasteiger partial charge is 0.339 e. The molecule has 1 heterocycles. The number of nitrogens with zero attached hydrogens (tertiary/aromatic N) is 3. The second kappa shape index (κ2) is 9.93. The van der Waals surface area contributed by atoms with E-state index < -0.39 is 5.97 Å². The molecule has 0 aliphatic heterocycles. The van der Waals surface area contributed by atoms with Gasteiger partial charge in [0.05, 0.1) is 40.7 Å². The molecule has 0 atom stereocenters. The average molecular weight is 474 g/mol. The van der Waals surface area contributed by atoms with Gasteiger partial charge in [-0.15, -0.1) is 0 Å². The van der Waals surface area contributed by atoms with Crippen LogP contribution in [0.25, 0.3) is 16.6 Å². The Labute approximate surface area is 201 Å². The number of carbonyl (C=O) groups is 2. The lowest BCUT2D eigenvalue weighted by atomic mass is 10.1. The number of fused-ring (bicyclic) bond motifs is 1. The minimum absolute atomic E-state index is 0.0165. The number of methoxy groups -OCH3 is 1. The topological polar surface area (TPSA) is 81.5 Å². The Hall–Kier alpha value is -3.91. The summed E-state index contributed by atoms with van der Waals surface area (Å²) < 4.78 is 6.36. The third-order valence-electron chi connectivity index (χ3n) is 5.41. The number of rotatable bonds is 6. The van der Waals surface area contributed by atoms with Crippen molar-refractivity contribution in [2.24, 2.45) is 0 Å². The maximum atomic E-state index is 13.4. The van der Waals surface area contributed by atoms with Gasteiger partial charge < -0.3 is 9.64 Å². The number of amides is 1. The largest absolute Gasteiger partial charge is 0.465 e. The zero-order valence-corrected chi connectivity index (χ0v) is 19.8. The van der Waals surface area contributed by atoms with Gasteiger partial charge >= 0.3 is 5.97 Å². The zero-order valence-electron chi connectivity index (χ0n) is 19.0. The van der Waals surface area contributed by atoms with E-state index in [0.29, 0.717) is 33.0 Å². The van der Waals surface area contributed by atoms with Crippen LogP contribution in [0.3, 0.4) is 0 Å². The molecule has 8 heteroatoms. The van der Waals surface area contributed by atoms with Crippen LogP contribution in [0.4, 0.5) is 5.69 Å². The van der Waals surface area contributed by atoms with E-state index in [1.807, 2.05) is 37.3 Å². The summed E-state index contributed by atoms with van der Waals surface area (Å²) in [6.45, 7) is 1.97. The first kappa shape index (κ1) is 23.3. The highest BCUT2D eigenvalue weighted by molar-refractivity contribution is 7.99. The van der Waals surface area contributed by atoms with Crippen molar-refractivity contribution in [2.75, 3.05) is 24.8 Å². The summed E-state index contributed by atoms with van der Waals surface area (Å²) in [5, 5.41) is 0.915. The fourth-order valence-electron chi connectivity index (χ4n) is 3.54. The first-order chi connectivity index (χ1) is 16.4. The second-order valence-corrected chi connectivity index (χ2v) is 8.58. The first-order valence-electron chi connectivity index (χ1n) is 10.6. The second-order valence-electron chi connectivity index (χ2n) is 7.64. The Morgan fingerprint density at radius 2 is 1.68 bits per heavy atom. The summed E-state index contributed by atoms with van der Waals surface area (Å²) in [4.78, 5) is 44.6. The van der Waals surface area contributed by atoms with Gasteiger partial charge in [-0.25, -0.2) is 9.78 Å². The van der Waals surface area contributed by atoms with Gasteiger partial charge in [-0.3, -0.25) is 14.2 Å². The van der Waals surface area contributed by atoms with Crippen molar-refractivity contribution in [1.29, 1.82) is 0 Å². The Balaban J connectivity index is 1.68. The summed E-state index contributed by atoms with van der Waals surface area (Å²) in [5.74, 6) is -0.755. The number of benzene rings is 3. The molecule has 0 N–H and O–H groups in total. The standard InChI is InChI=1S/C26H23N3O4S/c1-17-12-14-18(15-13-17)29-24(31)19-8-4-6-10-21(19)27-26(29)34-16-23(30)28(2)22-11-7-5-9-20(22)25(32)33-3/h4-15H,16H2,1-3H3. The molecule has 0 spiro atoms. The molecule has 0 saturated carbocycles. The Morgan fingerprint density at radius 3 is 2.41 bits per heavy atom. The number of para-hydroxylation sites is 2. The maximum absolute atomic E-state index is 13.4. The van der Waals surface area contributed by atoms with E-state index in [1.165, 1.54) is 28.3 Å². The molecule has 172 valence electrons. The number of thioether (sulfide) groups is 1. The van der Waals surface area contributed by atoms with E-state index in [-0.39, 0.29) is 17.2 Å². The molecule has 3 aromatic carbocycles. The number of aromatic nitrogens is 2. The third kappa shape index (κ3) is 4.58. The molecule has 0 unspecified atom stereocenters. The number of anilines is 1. The molecule has 1 amide bonds. The summed E-state index contributed by atoms with van der Waals surface area (Å²) in [6, 6.07) is 21.5. The summed E-state index contributed by atoms with van der Waals surface area (Å²) in [7, 11) is 2.90. The molecule has 0 aliphatic rings. The lowest BCUT2D eigenvalue weighted by Crippen LogP contribution is -2.30. The van der Waals surface area contributed by atoms with E-state index in [2.05, 4.69) is 4.98 Å². The van der Waals surface area contributed by atoms with Gasteiger partial charge in [-0.1, -0.05) is 53.7 Å². The number of aryl methyl sites for hydroxylation is 1. The van der Waals surface area contributed by atoms with Gasteiger partial charge in [-0.05, 0) is 43.3 Å². The fourth-order valence-corrected chi connectivity index (χ4v) is 4.46. The third-order valence-corrected chi connectivity index (χ3v) is 6.33. The molecule has 0 fully saturated rings. The van der Waals surface area contributed by atoms with Crippen molar-refractivity contribution in [3.63, 3.8) is 0 Å². The van der Waals surface area contributed by atoms with Crippen LogP contribution in [-0.2, 0) is 9.53 Å². The summed E-state index contributed by atoms with van der Waals surface area (Å²) in [5.41, 5.74) is 2.85. The molecular formula is C26H23N3O4S. The summed E-state index contributed by atoms with van der Waals surface area (Å²) in [6.07, 6.45) is 0. The predicted octanol–water partition coefficient (Wildman–Crippen LogP) is 4.24. The molecule has 34 heavy (non-hydrogen) atoms. The van der Waals surface area contributed by atoms with Gasteiger partial charge in [-0.2, -0.15) is 0 Å². The normalized spacial score (nSPS) is 10.8. The quantitative estimate of drug-likeness (QED) is 0.237. The molecule has 7 nitrogen and oxygen atoms in total. The van der Waals surface area contributed by atoms with Crippen molar-refractivity contribution in [3.05, 3.63) is 94.3 Å². The van der Waals surface area contributed by atoms with E-state index in [1.54, 1.807) is 49.5 Å². The van der Waals surface area contributed by atoms with E-state index in [9.17, 15) is 14.4 Å². The van der Waals surface area contributed by atoms with Crippen LogP contribution in [0.5, 0.6) is 0 Å². The zero-order chi connectivity index (χ0) is 24.2. The van der Waals surface area contributed by atoms with E-state index >= 15 is 0 Å². The highest BCUT2D eigenvalue weighted by Crippen LogP contribution is 2.24. The number of hydrogen-bond acceptors (Lipinski definition) is 6. The van der Waals surface area contributed by atoms with Crippen LogP contribution in [0.1, 0.15) is 15.9 Å². The van der Waals surface area contributed by atoms with Crippen LogP contribution in [0.2, 0.25) is 0 Å². The van der Waals surface area contributed by atoms with Gasteiger partial charge in [0.25, 0.3) is 5.56 Å². The van der Waals surface area contributed by atoms with Crippen LogP contribution in [0, 0.1) is 6.92 Å². The first-order valence-corrected chi connectivity index (χ1v) is 11.5. The lowest BCUT2D eigenvalue weighted by molar-refractivity contribution is -0.115. The van der Waals surface area contributed by atoms with Gasteiger partial charge in [0, 0.05) is 7.05 Å². The Morgan fingerprint density at radius 1 is 1.00 bits per heavy atom. The molecule has 4 aromatic rings. The van der Waals surface area contributed by atoms with Crippen LogP contribution in [0.15, 0.2) is 82.7 Å². The van der Waals surface area contributed by atoms with E-state index in [4.69, 9.17) is 4.74 Å². The van der Waals surface area contributed by atoms with Gasteiger partial charge in [0.15, 0.2) is 5.16 Å². The highest BCUT2D eigenvalue weighted by atomic mass is 32.2. The number of esters is 1. The van der Waals surface area contributed by atoms with Crippen molar-refractivity contribution in [3.8, 4) is 5.69 Å². The number of ether oxygens (including phenoxy) is 1.